The third kappa shape index (κ3) is 8.85. The van der Waals surface area contributed by atoms with Crippen molar-refractivity contribution in [3.05, 3.63) is 24.3 Å². The molecule has 26 heavy (non-hydrogen) atoms. The molecule has 0 amide bonds. The van der Waals surface area contributed by atoms with Gasteiger partial charge in [-0.2, -0.15) is 0 Å². The monoisotopic (exact) mass is 429 g/mol. The summed E-state index contributed by atoms with van der Waals surface area (Å²) in [5.41, 5.74) is 0. The second-order valence-electron chi connectivity index (χ2n) is 5.51. The number of piperazine rings is 1. The molecule has 0 atom stereocenters. The van der Waals surface area contributed by atoms with E-state index in [4.69, 9.17) is 9.47 Å². The lowest BCUT2D eigenvalue weighted by Gasteiger charge is -2.27. The van der Waals surface area contributed by atoms with Crippen LogP contribution in [0.4, 0.5) is 0 Å². The fourth-order valence-electron chi connectivity index (χ4n) is 2.43. The van der Waals surface area contributed by atoms with E-state index in [-0.39, 0.29) is 29.7 Å². The van der Waals surface area contributed by atoms with Crippen molar-refractivity contribution >= 4 is 34.8 Å². The zero-order valence-corrected chi connectivity index (χ0v) is 17.4. The highest BCUT2D eigenvalue weighted by molar-refractivity contribution is 7.89. The molecule has 0 saturated carbocycles. The van der Waals surface area contributed by atoms with Gasteiger partial charge in [0.15, 0.2) is 0 Å². The van der Waals surface area contributed by atoms with Crippen molar-refractivity contribution in [1.82, 2.24) is 14.9 Å². The molecule has 1 aromatic carbocycles. The third-order valence-electron chi connectivity index (χ3n) is 3.76. The van der Waals surface area contributed by atoms with E-state index in [0.717, 1.165) is 32.7 Å². The van der Waals surface area contributed by atoms with Gasteiger partial charge in [0, 0.05) is 45.9 Å². The lowest BCUT2D eigenvalue weighted by atomic mass is 10.3. The fourth-order valence-corrected chi connectivity index (χ4v) is 3.46. The smallest absolute Gasteiger partial charge is 0.240 e. The second-order valence-corrected chi connectivity index (χ2v) is 7.27. The summed E-state index contributed by atoms with van der Waals surface area (Å²) in [6.07, 6.45) is 0. The van der Waals surface area contributed by atoms with Crippen molar-refractivity contribution in [2.45, 2.75) is 11.8 Å². The van der Waals surface area contributed by atoms with Crippen LogP contribution in [0.5, 0.6) is 5.75 Å². The van der Waals surface area contributed by atoms with E-state index in [2.05, 4.69) is 14.9 Å². The first kappa shape index (κ1) is 25.4. The largest absolute Gasteiger partial charge is 0.491 e. The number of benzene rings is 1. The van der Waals surface area contributed by atoms with Crippen LogP contribution < -0.4 is 14.8 Å². The Bertz CT molecular complexity index is 582. The van der Waals surface area contributed by atoms with Crippen LogP contribution in [0.2, 0.25) is 0 Å². The molecule has 1 fully saturated rings. The molecule has 0 bridgehead atoms. The lowest BCUT2D eigenvalue weighted by molar-refractivity contribution is 0.110. The summed E-state index contributed by atoms with van der Waals surface area (Å²) in [4.78, 5) is 2.49. The summed E-state index contributed by atoms with van der Waals surface area (Å²) in [7, 11) is -3.48. The number of hydrogen-bond acceptors (Lipinski definition) is 6. The van der Waals surface area contributed by atoms with Gasteiger partial charge in [0.05, 0.1) is 11.5 Å². The number of ether oxygens (including phenoxy) is 2. The van der Waals surface area contributed by atoms with Gasteiger partial charge in [-0.25, -0.2) is 13.1 Å². The van der Waals surface area contributed by atoms with Crippen molar-refractivity contribution < 1.29 is 17.9 Å². The second kappa shape index (κ2) is 13.5. The van der Waals surface area contributed by atoms with Crippen molar-refractivity contribution in [2.24, 2.45) is 0 Å². The molecular weight excluding hydrogens is 401 g/mol. The van der Waals surface area contributed by atoms with Crippen LogP contribution in [0, 0.1) is 0 Å². The molecule has 1 aromatic rings. The first-order valence-corrected chi connectivity index (χ1v) is 9.83. The van der Waals surface area contributed by atoms with Crippen molar-refractivity contribution in [1.29, 1.82) is 0 Å². The van der Waals surface area contributed by atoms with Gasteiger partial charge >= 0.3 is 0 Å². The van der Waals surface area contributed by atoms with Crippen molar-refractivity contribution in [2.75, 3.05) is 59.1 Å². The first-order chi connectivity index (χ1) is 11.6. The zero-order chi connectivity index (χ0) is 17.3. The van der Waals surface area contributed by atoms with Gasteiger partial charge in [0.2, 0.25) is 10.0 Å². The van der Waals surface area contributed by atoms with Crippen LogP contribution in [0.1, 0.15) is 6.92 Å². The highest BCUT2D eigenvalue weighted by Crippen LogP contribution is 2.15. The summed E-state index contributed by atoms with van der Waals surface area (Å²) in [6.45, 7) is 8.50. The maximum absolute atomic E-state index is 12.3. The minimum Gasteiger partial charge on any atom is -0.491 e. The molecule has 0 aliphatic carbocycles. The fraction of sp³-hybridized carbons (Fsp3) is 0.625. The number of nitrogens with one attached hydrogen (secondary N) is 2. The standard InChI is InChI=1S/C16H27N3O4S.2ClH/c1-2-22-13-14-23-15-3-5-16(6-4-15)24(20,21)18-9-12-19-10-7-17-8-11-19;;/h3-6,17-18H,2,7-14H2,1H3;2*1H. The first-order valence-electron chi connectivity index (χ1n) is 8.35. The molecule has 0 radical (unpaired) electrons. The summed E-state index contributed by atoms with van der Waals surface area (Å²) in [5, 5.41) is 3.27. The molecule has 1 heterocycles. The lowest BCUT2D eigenvalue weighted by Crippen LogP contribution is -2.46. The molecule has 152 valence electrons. The maximum atomic E-state index is 12.3. The van der Waals surface area contributed by atoms with E-state index in [1.807, 2.05) is 6.92 Å². The third-order valence-corrected chi connectivity index (χ3v) is 5.24. The minimum absolute atomic E-state index is 0. The van der Waals surface area contributed by atoms with Crippen LogP contribution in [0.25, 0.3) is 0 Å². The van der Waals surface area contributed by atoms with Gasteiger partial charge in [-0.1, -0.05) is 0 Å². The SMILES string of the molecule is CCOCCOc1ccc(S(=O)(=O)NCCN2CCNCC2)cc1.Cl.Cl. The minimum atomic E-state index is -3.48. The quantitative estimate of drug-likeness (QED) is 0.542. The van der Waals surface area contributed by atoms with Gasteiger partial charge in [-0.05, 0) is 31.2 Å². The predicted molar refractivity (Wildman–Crippen MR) is 107 cm³/mol. The van der Waals surface area contributed by atoms with Gasteiger partial charge in [0.1, 0.15) is 12.4 Å². The highest BCUT2D eigenvalue weighted by Gasteiger charge is 2.15. The average molecular weight is 430 g/mol. The zero-order valence-electron chi connectivity index (χ0n) is 15.0. The molecule has 0 unspecified atom stereocenters. The molecule has 2 N–H and O–H groups in total. The summed E-state index contributed by atoms with van der Waals surface area (Å²) in [6, 6.07) is 6.44. The molecule has 7 nitrogen and oxygen atoms in total. The Hall–Kier alpha value is -0.610. The topological polar surface area (TPSA) is 79.9 Å². The van der Waals surface area contributed by atoms with Crippen LogP contribution in [-0.2, 0) is 14.8 Å². The van der Waals surface area contributed by atoms with Crippen LogP contribution in [0.15, 0.2) is 29.2 Å². The molecule has 1 aliphatic rings. The van der Waals surface area contributed by atoms with Crippen LogP contribution >= 0.6 is 24.8 Å². The average Bonchev–Trinajstić information content (AvgIpc) is 2.60. The van der Waals surface area contributed by atoms with Gasteiger partial charge in [-0.15, -0.1) is 24.8 Å². The van der Waals surface area contributed by atoms with Crippen LogP contribution in [0.3, 0.4) is 0 Å². The Kier molecular flexibility index (Phi) is 13.2. The molecule has 0 spiro atoms. The number of halogens is 2. The predicted octanol–water partition coefficient (Wildman–Crippen LogP) is 1.13. The molecule has 1 saturated heterocycles. The van der Waals surface area contributed by atoms with E-state index in [1.54, 1.807) is 24.3 Å². The van der Waals surface area contributed by atoms with E-state index in [1.165, 1.54) is 0 Å². The molecule has 10 heteroatoms. The van der Waals surface area contributed by atoms with Gasteiger partial charge < -0.3 is 14.8 Å². The summed E-state index contributed by atoms with van der Waals surface area (Å²) < 4.78 is 37.9. The normalized spacial score (nSPS) is 15.0. The van der Waals surface area contributed by atoms with Gasteiger partial charge in [0.25, 0.3) is 0 Å². The highest BCUT2D eigenvalue weighted by atomic mass is 35.5. The molecule has 0 aromatic heterocycles. The van der Waals surface area contributed by atoms with E-state index in [9.17, 15) is 8.42 Å². The molecular formula is C16H29Cl2N3O4S. The molecule has 1 aliphatic heterocycles. The Balaban J connectivity index is 0.00000312. The maximum Gasteiger partial charge on any atom is 0.240 e. The Morgan fingerprint density at radius 2 is 1.77 bits per heavy atom. The summed E-state index contributed by atoms with van der Waals surface area (Å²) >= 11 is 0. The number of rotatable bonds is 10. The Morgan fingerprint density at radius 1 is 1.12 bits per heavy atom. The van der Waals surface area contributed by atoms with E-state index in [0.29, 0.717) is 32.1 Å². The molecule has 2 rings (SSSR count). The number of sulfonamides is 1. The van der Waals surface area contributed by atoms with Gasteiger partial charge in [-0.3, -0.25) is 4.90 Å². The number of hydrogen-bond donors (Lipinski definition) is 2. The van der Waals surface area contributed by atoms with Crippen molar-refractivity contribution in [3.63, 3.8) is 0 Å². The Labute approximate surface area is 168 Å². The van der Waals surface area contributed by atoms with E-state index >= 15 is 0 Å². The number of nitrogens with zero attached hydrogens (tertiary/aromatic N) is 1. The van der Waals surface area contributed by atoms with Crippen molar-refractivity contribution in [3.8, 4) is 5.75 Å². The van der Waals surface area contributed by atoms with E-state index < -0.39 is 10.0 Å². The Morgan fingerprint density at radius 3 is 2.38 bits per heavy atom. The van der Waals surface area contributed by atoms with Crippen LogP contribution in [-0.4, -0.2) is 72.4 Å². The summed E-state index contributed by atoms with van der Waals surface area (Å²) in [5.74, 6) is 0.634.